The van der Waals surface area contributed by atoms with Crippen molar-refractivity contribution in [2.75, 3.05) is 44.2 Å². The predicted octanol–water partition coefficient (Wildman–Crippen LogP) is 4.01. The number of anilines is 1. The topological polar surface area (TPSA) is 73.0 Å². The molecule has 2 aromatic rings. The third-order valence-electron chi connectivity index (χ3n) is 6.25. The van der Waals surface area contributed by atoms with Crippen LogP contribution < -0.4 is 10.2 Å². The van der Waals surface area contributed by atoms with Crippen molar-refractivity contribution in [3.8, 4) is 0 Å². The number of imide groups is 1. The van der Waals surface area contributed by atoms with Crippen LogP contribution in [0.1, 0.15) is 38.3 Å². The monoisotopic (exact) mass is 534 g/mol. The van der Waals surface area contributed by atoms with Crippen molar-refractivity contribution in [1.29, 1.82) is 0 Å². The summed E-state index contributed by atoms with van der Waals surface area (Å²) < 4.78 is 0.768. The van der Waals surface area contributed by atoms with Gasteiger partial charge in [0.15, 0.2) is 0 Å². The number of piperazine rings is 1. The number of urea groups is 1. The van der Waals surface area contributed by atoms with Crippen LogP contribution in [0, 0.1) is 13.8 Å². The molecule has 0 saturated carbocycles. The summed E-state index contributed by atoms with van der Waals surface area (Å²) >= 11 is 3.34. The molecule has 2 aliphatic heterocycles. The van der Waals surface area contributed by atoms with Gasteiger partial charge in [-0.15, -0.1) is 12.4 Å². The van der Waals surface area contributed by atoms with Gasteiger partial charge in [-0.25, -0.2) is 4.79 Å². The number of hydrogen-bond acceptors (Lipinski definition) is 4. The van der Waals surface area contributed by atoms with E-state index in [1.165, 1.54) is 21.7 Å². The Bertz CT molecular complexity index is 1070. The molecule has 1 saturated heterocycles. The van der Waals surface area contributed by atoms with Crippen molar-refractivity contribution in [2.24, 2.45) is 0 Å². The fourth-order valence-corrected chi connectivity index (χ4v) is 4.60. The van der Waals surface area contributed by atoms with Crippen LogP contribution in [0.5, 0.6) is 0 Å². The van der Waals surface area contributed by atoms with Crippen LogP contribution >= 0.6 is 28.3 Å². The average Bonchev–Trinajstić information content (AvgIpc) is 3.02. The summed E-state index contributed by atoms with van der Waals surface area (Å²) in [5.41, 5.74) is 4.65. The molecule has 1 fully saturated rings. The Balaban J connectivity index is 0.00000306. The molecular weight excluding hydrogens is 508 g/mol. The average molecular weight is 536 g/mol. The summed E-state index contributed by atoms with van der Waals surface area (Å²) in [5.74, 6) is -0.549. The minimum absolute atomic E-state index is 0. The van der Waals surface area contributed by atoms with Crippen LogP contribution in [0.15, 0.2) is 40.9 Å². The Labute approximate surface area is 208 Å². The minimum atomic E-state index is -0.278. The number of rotatable bonds is 5. The first-order valence-corrected chi connectivity index (χ1v) is 11.7. The van der Waals surface area contributed by atoms with Gasteiger partial charge in [0.05, 0.1) is 11.1 Å². The molecule has 0 aromatic heterocycles. The quantitative estimate of drug-likeness (QED) is 0.464. The van der Waals surface area contributed by atoms with Gasteiger partial charge in [0.25, 0.3) is 11.8 Å². The van der Waals surface area contributed by atoms with E-state index in [0.29, 0.717) is 37.2 Å². The van der Waals surface area contributed by atoms with E-state index < -0.39 is 0 Å². The molecule has 4 amide bonds. The number of hydrogen-bond donors (Lipinski definition) is 1. The van der Waals surface area contributed by atoms with Gasteiger partial charge in [-0.2, -0.15) is 0 Å². The van der Waals surface area contributed by atoms with Crippen LogP contribution in [0.4, 0.5) is 10.5 Å². The molecule has 0 unspecified atom stereocenters. The highest BCUT2D eigenvalue weighted by Gasteiger charge is 2.35. The van der Waals surface area contributed by atoms with Crippen molar-refractivity contribution in [2.45, 2.75) is 20.3 Å². The second-order valence-corrected chi connectivity index (χ2v) is 9.15. The third kappa shape index (κ3) is 5.17. The summed E-state index contributed by atoms with van der Waals surface area (Å²) in [6.45, 7) is 7.85. The minimum Gasteiger partial charge on any atom is -0.368 e. The molecule has 9 heteroatoms. The summed E-state index contributed by atoms with van der Waals surface area (Å²) in [7, 11) is 0. The molecule has 0 radical (unpaired) electrons. The fraction of sp³-hybridized carbons (Fsp3) is 0.375. The molecular formula is C24H28BrClN4O3. The molecule has 2 aromatic carbocycles. The first-order chi connectivity index (χ1) is 15.4. The normalized spacial score (nSPS) is 15.4. The van der Waals surface area contributed by atoms with Crippen molar-refractivity contribution < 1.29 is 14.4 Å². The van der Waals surface area contributed by atoms with Gasteiger partial charge in [0.1, 0.15) is 0 Å². The summed E-state index contributed by atoms with van der Waals surface area (Å²) in [6, 6.07) is 11.3. The second-order valence-electron chi connectivity index (χ2n) is 8.23. The number of benzene rings is 2. The zero-order chi connectivity index (χ0) is 22.8. The number of carbonyl (C=O) groups is 3. The highest BCUT2D eigenvalue weighted by atomic mass is 79.9. The Kier molecular flexibility index (Phi) is 8.02. The lowest BCUT2D eigenvalue weighted by molar-refractivity contribution is 0.0653. The molecule has 1 N–H and O–H groups in total. The van der Waals surface area contributed by atoms with Crippen LogP contribution in [0.3, 0.4) is 0 Å². The third-order valence-corrected chi connectivity index (χ3v) is 6.74. The van der Waals surface area contributed by atoms with Crippen molar-refractivity contribution in [3.05, 3.63) is 63.1 Å². The number of aryl methyl sites for hydroxylation is 1. The first-order valence-electron chi connectivity index (χ1n) is 10.9. The molecule has 0 bridgehead atoms. The van der Waals surface area contributed by atoms with Gasteiger partial charge in [-0.05, 0) is 55.7 Å². The number of nitrogens with one attached hydrogen (secondary N) is 1. The van der Waals surface area contributed by atoms with E-state index in [-0.39, 0.29) is 36.8 Å². The van der Waals surface area contributed by atoms with Crippen molar-refractivity contribution >= 4 is 51.9 Å². The second kappa shape index (κ2) is 10.6. The maximum atomic E-state index is 12.5. The van der Waals surface area contributed by atoms with Gasteiger partial charge >= 0.3 is 6.03 Å². The number of nitrogens with zero attached hydrogens (tertiary/aromatic N) is 3. The Morgan fingerprint density at radius 2 is 1.70 bits per heavy atom. The Morgan fingerprint density at radius 1 is 1.00 bits per heavy atom. The van der Waals surface area contributed by atoms with E-state index in [2.05, 4.69) is 58.2 Å². The van der Waals surface area contributed by atoms with Crippen LogP contribution in [-0.4, -0.2) is 66.9 Å². The van der Waals surface area contributed by atoms with Gasteiger partial charge in [0, 0.05) is 49.4 Å². The maximum Gasteiger partial charge on any atom is 0.317 e. The van der Waals surface area contributed by atoms with Gasteiger partial charge in [-0.3, -0.25) is 14.5 Å². The lowest BCUT2D eigenvalue weighted by Gasteiger charge is -2.37. The lowest BCUT2D eigenvalue weighted by Crippen LogP contribution is -2.52. The van der Waals surface area contributed by atoms with Crippen LogP contribution in [0.2, 0.25) is 0 Å². The molecule has 33 heavy (non-hydrogen) atoms. The number of carbonyl (C=O) groups excluding carboxylic acids is 3. The predicted molar refractivity (Wildman–Crippen MR) is 134 cm³/mol. The van der Waals surface area contributed by atoms with E-state index in [9.17, 15) is 14.4 Å². The van der Waals surface area contributed by atoms with E-state index in [4.69, 9.17) is 0 Å². The molecule has 0 spiro atoms. The van der Waals surface area contributed by atoms with Crippen molar-refractivity contribution in [3.63, 3.8) is 0 Å². The van der Waals surface area contributed by atoms with Gasteiger partial charge in [-0.1, -0.05) is 28.1 Å². The van der Waals surface area contributed by atoms with E-state index in [0.717, 1.165) is 17.6 Å². The zero-order valence-electron chi connectivity index (χ0n) is 18.8. The molecule has 0 aliphatic carbocycles. The molecule has 176 valence electrons. The maximum absolute atomic E-state index is 12.5. The highest BCUT2D eigenvalue weighted by Crippen LogP contribution is 2.26. The molecule has 4 rings (SSSR count). The van der Waals surface area contributed by atoms with Gasteiger partial charge < -0.3 is 15.1 Å². The Hall–Kier alpha value is -2.58. The standard InChI is InChI=1S/C24H27BrN4O3.ClH/c1-16-5-3-6-21(17(16)2)27-11-13-28(14-12-27)24(32)26-9-4-10-29-22(30)19-8-7-18(25)15-20(19)23(29)31;/h3,5-8,15H,4,9-14H2,1-2H3,(H,26,32);1H. The molecule has 0 atom stereocenters. The smallest absolute Gasteiger partial charge is 0.317 e. The van der Waals surface area contributed by atoms with Crippen LogP contribution in [-0.2, 0) is 0 Å². The van der Waals surface area contributed by atoms with Gasteiger partial charge in [0.2, 0.25) is 0 Å². The Morgan fingerprint density at radius 3 is 2.42 bits per heavy atom. The largest absolute Gasteiger partial charge is 0.368 e. The zero-order valence-corrected chi connectivity index (χ0v) is 21.2. The highest BCUT2D eigenvalue weighted by molar-refractivity contribution is 9.10. The SMILES string of the molecule is Cc1cccc(N2CCN(C(=O)NCCCN3C(=O)c4ccc(Br)cc4C3=O)CC2)c1C.Cl. The summed E-state index contributed by atoms with van der Waals surface area (Å²) in [4.78, 5) is 42.9. The number of fused-ring (bicyclic) bond motifs is 1. The molecule has 2 aliphatic rings. The van der Waals surface area contributed by atoms with E-state index in [1.807, 2.05) is 4.90 Å². The molecule has 7 nitrogen and oxygen atoms in total. The number of amides is 4. The van der Waals surface area contributed by atoms with Crippen molar-refractivity contribution in [1.82, 2.24) is 15.1 Å². The lowest BCUT2D eigenvalue weighted by atomic mass is 10.1. The fourth-order valence-electron chi connectivity index (χ4n) is 4.24. The van der Waals surface area contributed by atoms with E-state index >= 15 is 0 Å². The first kappa shape index (κ1) is 25.1. The number of halogens is 2. The van der Waals surface area contributed by atoms with E-state index in [1.54, 1.807) is 18.2 Å². The molecule has 2 heterocycles. The summed E-state index contributed by atoms with van der Waals surface area (Å²) in [5, 5.41) is 2.92. The summed E-state index contributed by atoms with van der Waals surface area (Å²) in [6.07, 6.45) is 0.515. The van der Waals surface area contributed by atoms with Crippen LogP contribution in [0.25, 0.3) is 0 Å².